The van der Waals surface area contributed by atoms with E-state index in [0.717, 1.165) is 9.55 Å². The van der Waals surface area contributed by atoms with Crippen LogP contribution < -0.4 is 0 Å². The van der Waals surface area contributed by atoms with Crippen LogP contribution in [0.3, 0.4) is 0 Å². The van der Waals surface area contributed by atoms with E-state index in [1.807, 2.05) is 6.92 Å². The lowest BCUT2D eigenvalue weighted by Crippen LogP contribution is -1.36. The summed E-state index contributed by atoms with van der Waals surface area (Å²) in [5, 5.41) is 0. The third-order valence-electron chi connectivity index (χ3n) is 0. The molecule has 0 aromatic heterocycles. The number of hydrogen-bond acceptors (Lipinski definition) is 0. The summed E-state index contributed by atoms with van der Waals surface area (Å²) in [6, 6.07) is 0. The van der Waals surface area contributed by atoms with E-state index in [1.165, 1.54) is 0 Å². The SMILES string of the molecule is C=CC.Cl[SiH2]Cl.[SiH3]Cl. The van der Waals surface area contributed by atoms with Gasteiger partial charge in [0.2, 0.25) is 8.14 Å². The topological polar surface area (TPSA) is 0 Å². The fraction of sp³-hybridized carbons (Fsp3) is 0.333. The molecule has 0 aliphatic heterocycles. The summed E-state index contributed by atoms with van der Waals surface area (Å²) in [5.74, 6) is 0. The highest BCUT2D eigenvalue weighted by Crippen LogP contribution is 1.67. The average Bonchev–Trinajstić information content (AvgIpc) is 1.75. The standard InChI is InChI=1S/C3H6.Cl2H2Si.ClH3Si/c2*1-3-2;1-2/h3H,1H2,2H3;3H2;2H3. The molecule has 0 N–H and O–H groups in total. The first-order valence-electron chi connectivity index (χ1n) is 1.90. The van der Waals surface area contributed by atoms with Gasteiger partial charge >= 0.3 is 0 Å². The highest BCUT2D eigenvalue weighted by atomic mass is 35.7. The number of halogens is 3. The van der Waals surface area contributed by atoms with Gasteiger partial charge in [-0.15, -0.1) is 6.58 Å². The minimum atomic E-state index is -0.639. The van der Waals surface area contributed by atoms with E-state index in [2.05, 4.69) is 6.58 Å². The molecule has 0 aromatic carbocycles. The molecule has 0 aromatic rings. The van der Waals surface area contributed by atoms with Crippen LogP contribution in [-0.2, 0) is 0 Å². The third-order valence-corrected chi connectivity index (χ3v) is 0. The summed E-state index contributed by atoms with van der Waals surface area (Å²) >= 11 is 14.6. The Morgan fingerprint density at radius 2 is 1.50 bits per heavy atom. The maximum Gasteiger partial charge on any atom is 0.222 e. The molecule has 0 saturated heterocycles. The van der Waals surface area contributed by atoms with Crippen LogP contribution in [-0.4, -0.2) is 17.7 Å². The summed E-state index contributed by atoms with van der Waals surface area (Å²) in [4.78, 5) is 0. The van der Waals surface area contributed by atoms with E-state index >= 15 is 0 Å². The van der Waals surface area contributed by atoms with Gasteiger partial charge in [-0.05, 0) is 6.92 Å². The Hall–Kier alpha value is 1.04. The quantitative estimate of drug-likeness (QED) is 0.319. The summed E-state index contributed by atoms with van der Waals surface area (Å²) in [6.07, 6.45) is 1.75. The Labute approximate surface area is 70.6 Å². The first-order chi connectivity index (χ1) is 3.83. The van der Waals surface area contributed by atoms with Crippen molar-refractivity contribution in [2.45, 2.75) is 6.92 Å². The van der Waals surface area contributed by atoms with Crippen molar-refractivity contribution in [1.29, 1.82) is 0 Å². The highest BCUT2D eigenvalue weighted by Gasteiger charge is 1.46. The van der Waals surface area contributed by atoms with Crippen molar-refractivity contribution in [1.82, 2.24) is 0 Å². The van der Waals surface area contributed by atoms with Crippen molar-refractivity contribution in [2.24, 2.45) is 0 Å². The molecule has 8 heavy (non-hydrogen) atoms. The van der Waals surface area contributed by atoms with Gasteiger partial charge in [0.15, 0.2) is 0 Å². The van der Waals surface area contributed by atoms with E-state index in [-0.39, 0.29) is 0 Å². The molecule has 0 fully saturated rings. The lowest BCUT2D eigenvalue weighted by atomic mass is 10.8. The van der Waals surface area contributed by atoms with Gasteiger partial charge in [-0.3, -0.25) is 0 Å². The Balaban J connectivity index is -0.0000000483. The summed E-state index contributed by atoms with van der Waals surface area (Å²) in [6.45, 7) is 5.25. The highest BCUT2D eigenvalue weighted by molar-refractivity contribution is 7.22. The number of allylic oxidation sites excluding steroid dienone is 1. The van der Waals surface area contributed by atoms with Gasteiger partial charge in [0.05, 0.1) is 0 Å². The van der Waals surface area contributed by atoms with Gasteiger partial charge in [0, 0.05) is 0 Å². The van der Waals surface area contributed by atoms with Gasteiger partial charge in [-0.2, -0.15) is 33.2 Å². The van der Waals surface area contributed by atoms with Crippen molar-refractivity contribution in [3.8, 4) is 0 Å². The van der Waals surface area contributed by atoms with Crippen LogP contribution in [0.1, 0.15) is 6.92 Å². The van der Waals surface area contributed by atoms with E-state index in [0.29, 0.717) is 0 Å². The van der Waals surface area contributed by atoms with Gasteiger partial charge in [0.25, 0.3) is 0 Å². The molecule has 0 amide bonds. The molecule has 52 valence electrons. The van der Waals surface area contributed by atoms with E-state index in [9.17, 15) is 0 Å². The zero-order chi connectivity index (χ0) is 7.41. The first-order valence-corrected chi connectivity index (χ1v) is 9.20. The summed E-state index contributed by atoms with van der Waals surface area (Å²) in [7, 11) is 0.139. The van der Waals surface area contributed by atoms with Gasteiger partial charge in [-0.25, -0.2) is 0 Å². The van der Waals surface area contributed by atoms with Crippen LogP contribution >= 0.6 is 33.2 Å². The minimum absolute atomic E-state index is 0.639. The van der Waals surface area contributed by atoms with Gasteiger partial charge in [-0.1, -0.05) is 6.08 Å². The second kappa shape index (κ2) is 43.1. The molecular weight excluding hydrogens is 199 g/mol. The number of rotatable bonds is 0. The fourth-order valence-electron chi connectivity index (χ4n) is 0. The monoisotopic (exact) mass is 208 g/mol. The van der Waals surface area contributed by atoms with Crippen LogP contribution in [0.25, 0.3) is 0 Å². The van der Waals surface area contributed by atoms with Gasteiger partial charge < -0.3 is 0 Å². The van der Waals surface area contributed by atoms with Crippen molar-refractivity contribution in [3.63, 3.8) is 0 Å². The van der Waals surface area contributed by atoms with Crippen molar-refractivity contribution < 1.29 is 0 Å². The first kappa shape index (κ1) is 16.0. The van der Waals surface area contributed by atoms with E-state index in [4.69, 9.17) is 33.2 Å². The van der Waals surface area contributed by atoms with Crippen LogP contribution in [0.2, 0.25) is 0 Å². The maximum absolute atomic E-state index is 4.90. The molecule has 0 nitrogen and oxygen atoms in total. The largest absolute Gasteiger partial charge is 0.222 e. The zero-order valence-electron chi connectivity index (χ0n) is 5.13. The van der Waals surface area contributed by atoms with E-state index in [1.54, 1.807) is 6.08 Å². The Bertz CT molecular complexity index is 26.5. The van der Waals surface area contributed by atoms with Crippen LogP contribution in [0.5, 0.6) is 0 Å². The maximum atomic E-state index is 4.90. The second-order valence-corrected chi connectivity index (χ2v) is 3.14. The summed E-state index contributed by atoms with van der Waals surface area (Å²) < 4.78 is 0. The Morgan fingerprint density at radius 3 is 1.50 bits per heavy atom. The smallest absolute Gasteiger partial charge is 0.181 e. The molecule has 0 rings (SSSR count). The lowest BCUT2D eigenvalue weighted by Gasteiger charge is -1.39. The average molecular weight is 210 g/mol. The molecule has 0 heterocycles. The molecule has 0 spiro atoms. The Kier molecular flexibility index (Phi) is 86.3. The third kappa shape index (κ3) is 236. The molecule has 0 aliphatic rings. The second-order valence-electron chi connectivity index (χ2n) is 0.509. The molecule has 0 aliphatic carbocycles. The number of hydrogen-bond donors (Lipinski definition) is 0. The zero-order valence-corrected chi connectivity index (χ0v) is 10.8. The van der Waals surface area contributed by atoms with Crippen molar-refractivity contribution >= 4 is 50.9 Å². The summed E-state index contributed by atoms with van der Waals surface area (Å²) in [5.41, 5.74) is 0. The van der Waals surface area contributed by atoms with Crippen LogP contribution in [0.4, 0.5) is 0 Å². The van der Waals surface area contributed by atoms with E-state index < -0.39 is 8.14 Å². The molecule has 0 bridgehead atoms. The molecule has 0 unspecified atom stereocenters. The normalized spacial score (nSPS) is 5.00. The lowest BCUT2D eigenvalue weighted by molar-refractivity contribution is 1.80. The Morgan fingerprint density at radius 1 is 1.50 bits per heavy atom. The predicted molar refractivity (Wildman–Crippen MR) is 51.9 cm³/mol. The molecule has 5 heteroatoms. The minimum Gasteiger partial charge on any atom is -0.181 e. The van der Waals surface area contributed by atoms with Gasteiger partial charge in [0.1, 0.15) is 9.55 Å². The molecule has 0 radical (unpaired) electrons. The molecule has 0 saturated carbocycles. The predicted octanol–water partition coefficient (Wildman–Crippen LogP) is 1.16. The van der Waals surface area contributed by atoms with Crippen molar-refractivity contribution in [2.75, 3.05) is 0 Å². The molecular formula is C3H11Cl3Si2. The van der Waals surface area contributed by atoms with Crippen LogP contribution in [0.15, 0.2) is 12.7 Å². The van der Waals surface area contributed by atoms with Crippen molar-refractivity contribution in [3.05, 3.63) is 12.7 Å². The molecule has 0 atom stereocenters. The fourth-order valence-corrected chi connectivity index (χ4v) is 0. The van der Waals surface area contributed by atoms with Crippen LogP contribution in [0, 0.1) is 0 Å².